The van der Waals surface area contributed by atoms with Gasteiger partial charge in [0.1, 0.15) is 30.0 Å². The molecule has 0 aromatic heterocycles. The van der Waals surface area contributed by atoms with E-state index in [-0.39, 0.29) is 29.1 Å². The van der Waals surface area contributed by atoms with Gasteiger partial charge in [0.2, 0.25) is 11.8 Å². The summed E-state index contributed by atoms with van der Waals surface area (Å²) in [5.41, 5.74) is 4.18. The maximum atomic E-state index is 14.3. The quantitative estimate of drug-likeness (QED) is 0.0500. The Labute approximate surface area is 361 Å². The minimum atomic E-state index is -1.28. The summed E-state index contributed by atoms with van der Waals surface area (Å²) in [6.07, 6.45) is 9.70. The van der Waals surface area contributed by atoms with Gasteiger partial charge in [-0.1, -0.05) is 98.9 Å². The number of nitrogens with zero attached hydrogens (tertiary/aromatic N) is 2. The molecule has 6 N–H and O–H groups in total. The van der Waals surface area contributed by atoms with Crippen molar-refractivity contribution in [3.05, 3.63) is 77.9 Å². The number of aliphatic hydroxyl groups excluding tert-OH is 2. The second-order valence-corrected chi connectivity index (χ2v) is 17.7. The van der Waals surface area contributed by atoms with Gasteiger partial charge in [0.15, 0.2) is 0 Å². The number of phenolic OH excluding ortho intramolecular Hbond substituents is 1. The SMILES string of the molecule is CON(C)C(=O)C=CC=C(C)[C@@H]1CC=CC=C[C@H](O)[C@H](C)[C@@H](O)[C@@H](CCC(C)I)C(=O)N[C@@H](C(C)C)C(=O)N[C@@H](Cc2cccc(O)c2)C(=O)N2CCCC(N2)C(=O)O1. The number of aromatic hydroxyl groups is 1. The highest BCUT2D eigenvalue weighted by atomic mass is 127. The number of hydrogen-bond acceptors (Lipinski definition) is 11. The Bertz CT molecular complexity index is 1710. The fourth-order valence-corrected chi connectivity index (χ4v) is 7.04. The van der Waals surface area contributed by atoms with Crippen molar-refractivity contribution >= 4 is 52.2 Å². The van der Waals surface area contributed by atoms with Gasteiger partial charge >= 0.3 is 5.97 Å². The van der Waals surface area contributed by atoms with Crippen molar-refractivity contribution in [3.63, 3.8) is 0 Å². The van der Waals surface area contributed by atoms with Gasteiger partial charge in [-0.15, -0.1) is 0 Å². The largest absolute Gasteiger partial charge is 0.508 e. The van der Waals surface area contributed by atoms with Crippen LogP contribution in [0.2, 0.25) is 0 Å². The molecule has 2 unspecified atom stereocenters. The number of hydroxylamine groups is 2. The van der Waals surface area contributed by atoms with Crippen LogP contribution in [0.25, 0.3) is 0 Å². The molecule has 0 radical (unpaired) electrons. The average molecular weight is 936 g/mol. The molecule has 59 heavy (non-hydrogen) atoms. The molecule has 4 amide bonds. The average Bonchev–Trinajstić information content (AvgIpc) is 3.20. The maximum Gasteiger partial charge on any atom is 0.325 e. The van der Waals surface area contributed by atoms with Crippen LogP contribution in [0.5, 0.6) is 5.75 Å². The molecule has 0 spiro atoms. The third kappa shape index (κ3) is 15.5. The molecule has 1 aromatic rings. The smallest absolute Gasteiger partial charge is 0.325 e. The number of cyclic esters (lactones) is 1. The first-order valence-electron chi connectivity index (χ1n) is 20.1. The number of allylic oxidation sites excluding steroid dienone is 4. The van der Waals surface area contributed by atoms with Crippen LogP contribution in [0.4, 0.5) is 0 Å². The summed E-state index contributed by atoms with van der Waals surface area (Å²) in [5.74, 6) is -4.94. The maximum absolute atomic E-state index is 14.3. The van der Waals surface area contributed by atoms with Crippen LogP contribution < -0.4 is 16.1 Å². The van der Waals surface area contributed by atoms with Crippen molar-refractivity contribution in [3.8, 4) is 5.75 Å². The summed E-state index contributed by atoms with van der Waals surface area (Å²) in [4.78, 5) is 73.4. The Hall–Kier alpha value is -4.10. The van der Waals surface area contributed by atoms with Gasteiger partial charge in [0.05, 0.1) is 25.2 Å². The number of phenols is 1. The van der Waals surface area contributed by atoms with Crippen molar-refractivity contribution < 1.29 is 48.9 Å². The first kappa shape index (κ1) is 49.3. The van der Waals surface area contributed by atoms with E-state index in [2.05, 4.69) is 38.7 Å². The van der Waals surface area contributed by atoms with Crippen LogP contribution in [0, 0.1) is 17.8 Å². The highest BCUT2D eigenvalue weighted by Gasteiger charge is 2.38. The Kier molecular flexibility index (Phi) is 20.2. The number of hydrazine groups is 1. The van der Waals surface area contributed by atoms with Gasteiger partial charge < -0.3 is 30.7 Å². The monoisotopic (exact) mass is 935 g/mol. The number of aliphatic hydroxyl groups is 2. The highest BCUT2D eigenvalue weighted by molar-refractivity contribution is 14.1. The van der Waals surface area contributed by atoms with Gasteiger partial charge in [-0.25, -0.2) is 10.5 Å². The van der Waals surface area contributed by atoms with Crippen molar-refractivity contribution in [1.29, 1.82) is 0 Å². The molecule has 0 saturated carbocycles. The molecule has 9 atom stereocenters. The van der Waals surface area contributed by atoms with E-state index in [9.17, 15) is 39.3 Å². The summed E-state index contributed by atoms with van der Waals surface area (Å²) >= 11 is 2.25. The molecular formula is C43H62IN5O10. The number of amides is 4. The molecule has 15 nitrogen and oxygen atoms in total. The molecule has 1 fully saturated rings. The fraction of sp³-hybridized carbons (Fsp3) is 0.558. The number of carbonyl (C=O) groups is 5. The molecule has 326 valence electrons. The third-order valence-corrected chi connectivity index (χ3v) is 11.1. The van der Waals surface area contributed by atoms with Gasteiger partial charge in [-0.05, 0) is 61.8 Å². The number of benzene rings is 1. The predicted octanol–water partition coefficient (Wildman–Crippen LogP) is 3.58. The normalized spacial score (nSPS) is 27.7. The second-order valence-electron chi connectivity index (χ2n) is 15.5. The van der Waals surface area contributed by atoms with E-state index in [0.29, 0.717) is 36.8 Å². The summed E-state index contributed by atoms with van der Waals surface area (Å²) in [7, 11) is 2.84. The van der Waals surface area contributed by atoms with Gasteiger partial charge in [-0.3, -0.25) is 33.8 Å². The molecule has 3 rings (SSSR count). The number of halogens is 1. The van der Waals surface area contributed by atoms with Crippen molar-refractivity contribution in [2.45, 2.75) is 114 Å². The van der Waals surface area contributed by atoms with Crippen LogP contribution in [0.3, 0.4) is 0 Å². The van der Waals surface area contributed by atoms with E-state index in [1.165, 1.54) is 49.5 Å². The first-order valence-corrected chi connectivity index (χ1v) is 21.3. The standard InChI is InChI=1S/C43H62IN5O10/c1-26(2)38-41(55)45-34(25-30-15-12-16-31(50)24-30)42(56)49-23-13-17-33(47-49)43(57)59-36(27(3)14-11-20-37(52)48(6)58-7)19-10-8-9-18-35(51)29(5)39(53)32(40(54)46-38)22-21-28(4)44/h8-12,14-16,18,20,24,26,28-29,32-36,38-39,47,50-51,53H,13,17,19,21-23,25H2,1-7H3,(H,45,55)(H,46,54)/t28?,29-,32+,33?,34-,35-,36-,38-,39+/m0/s1. The summed E-state index contributed by atoms with van der Waals surface area (Å²) in [5, 5.41) is 40.9. The zero-order valence-corrected chi connectivity index (χ0v) is 37.2. The van der Waals surface area contributed by atoms with Crippen molar-refractivity contribution in [2.24, 2.45) is 17.8 Å². The lowest BCUT2D eigenvalue weighted by atomic mass is 9.84. The second kappa shape index (κ2) is 24.2. The Morgan fingerprint density at radius 2 is 1.85 bits per heavy atom. The lowest BCUT2D eigenvalue weighted by Gasteiger charge is -2.36. The number of esters is 1. The zero-order valence-electron chi connectivity index (χ0n) is 35.0. The lowest BCUT2D eigenvalue weighted by molar-refractivity contribution is -0.162. The predicted molar refractivity (Wildman–Crippen MR) is 231 cm³/mol. The zero-order chi connectivity index (χ0) is 43.8. The Balaban J connectivity index is 2.07. The van der Waals surface area contributed by atoms with E-state index < -0.39 is 83.8 Å². The van der Waals surface area contributed by atoms with Crippen LogP contribution in [0.1, 0.15) is 72.3 Å². The number of nitrogens with one attached hydrogen (secondary N) is 3. The van der Waals surface area contributed by atoms with Crippen LogP contribution in [-0.4, -0.2) is 116 Å². The molecular weight excluding hydrogens is 873 g/mol. The third-order valence-electron chi connectivity index (χ3n) is 10.5. The van der Waals surface area contributed by atoms with E-state index in [4.69, 9.17) is 9.57 Å². The van der Waals surface area contributed by atoms with E-state index in [1.54, 1.807) is 64.1 Å². The minimum Gasteiger partial charge on any atom is -0.508 e. The highest BCUT2D eigenvalue weighted by Crippen LogP contribution is 2.25. The number of rotatable bonds is 10. The lowest BCUT2D eigenvalue weighted by Crippen LogP contribution is -2.62. The molecule has 2 heterocycles. The van der Waals surface area contributed by atoms with Crippen LogP contribution in [-0.2, 0) is 40.0 Å². The fourth-order valence-electron chi connectivity index (χ4n) is 6.68. The Morgan fingerprint density at radius 3 is 2.51 bits per heavy atom. The number of ether oxygens (including phenoxy) is 1. The summed E-state index contributed by atoms with van der Waals surface area (Å²) in [6.45, 7) is 9.13. The number of carbonyl (C=O) groups excluding carboxylic acids is 5. The van der Waals surface area contributed by atoms with E-state index in [1.807, 2.05) is 6.92 Å². The van der Waals surface area contributed by atoms with Gasteiger partial charge in [0, 0.05) is 42.4 Å². The molecule has 1 aromatic carbocycles. The van der Waals surface area contributed by atoms with E-state index >= 15 is 0 Å². The summed E-state index contributed by atoms with van der Waals surface area (Å²) in [6, 6.07) is 3.12. The number of hydrogen-bond donors (Lipinski definition) is 6. The summed E-state index contributed by atoms with van der Waals surface area (Å²) < 4.78 is 6.20. The minimum absolute atomic E-state index is 0.0164. The molecule has 16 heteroatoms. The van der Waals surface area contributed by atoms with Gasteiger partial charge in [0.25, 0.3) is 11.8 Å². The molecule has 1 saturated heterocycles. The number of fused-ring (bicyclic) bond motifs is 2. The van der Waals surface area contributed by atoms with Crippen molar-refractivity contribution in [2.75, 3.05) is 20.7 Å². The van der Waals surface area contributed by atoms with Crippen LogP contribution >= 0.6 is 22.6 Å². The molecule has 2 bridgehead atoms. The van der Waals surface area contributed by atoms with E-state index in [0.717, 1.165) is 5.06 Å². The van der Waals surface area contributed by atoms with Crippen LogP contribution in [0.15, 0.2) is 72.4 Å². The molecule has 2 aliphatic heterocycles. The molecule has 2 aliphatic rings. The number of alkyl halides is 1. The Morgan fingerprint density at radius 1 is 1.12 bits per heavy atom. The van der Waals surface area contributed by atoms with Crippen molar-refractivity contribution in [1.82, 2.24) is 26.1 Å². The first-order chi connectivity index (χ1) is 27.9. The number of likely N-dealkylation sites (N-methyl/N-ethyl adjacent to an activating group) is 1. The molecule has 0 aliphatic carbocycles. The topological polar surface area (TPSA) is 207 Å². The van der Waals surface area contributed by atoms with Gasteiger partial charge in [-0.2, -0.15) is 0 Å².